The van der Waals surface area contributed by atoms with Gasteiger partial charge in [0.15, 0.2) is 0 Å². The second kappa shape index (κ2) is 7.48. The lowest BCUT2D eigenvalue weighted by atomic mass is 10.0. The Hall–Kier alpha value is -2.29. The summed E-state index contributed by atoms with van der Waals surface area (Å²) in [4.78, 5) is 12.4. The molecule has 0 saturated heterocycles. The normalized spacial score (nSPS) is 11.7. The highest BCUT2D eigenvalue weighted by Crippen LogP contribution is 2.17. The molecule has 0 radical (unpaired) electrons. The Morgan fingerprint density at radius 1 is 1.10 bits per heavy atom. The molecule has 0 aliphatic carbocycles. The SMILES string of the molecule is CCC(Cc1ccccc1)NC(=O)c1ccccc1OC. The predicted molar refractivity (Wildman–Crippen MR) is 84.7 cm³/mol. The quantitative estimate of drug-likeness (QED) is 0.882. The maximum absolute atomic E-state index is 12.4. The average Bonchev–Trinajstić information content (AvgIpc) is 2.55. The van der Waals surface area contributed by atoms with E-state index in [0.717, 1.165) is 12.8 Å². The molecule has 21 heavy (non-hydrogen) atoms. The molecule has 0 bridgehead atoms. The molecule has 1 atom stereocenters. The van der Waals surface area contributed by atoms with E-state index in [1.807, 2.05) is 30.3 Å². The summed E-state index contributed by atoms with van der Waals surface area (Å²) in [6, 6.07) is 17.6. The largest absolute Gasteiger partial charge is 0.496 e. The summed E-state index contributed by atoms with van der Waals surface area (Å²) in [6.07, 6.45) is 1.72. The van der Waals surface area contributed by atoms with Crippen LogP contribution in [0.15, 0.2) is 54.6 Å². The molecule has 1 amide bonds. The number of para-hydroxylation sites is 1. The predicted octanol–water partition coefficient (Wildman–Crippen LogP) is 3.45. The minimum absolute atomic E-state index is 0.0877. The molecule has 1 unspecified atom stereocenters. The molecule has 0 aliphatic rings. The Morgan fingerprint density at radius 3 is 2.43 bits per heavy atom. The number of carbonyl (C=O) groups is 1. The average molecular weight is 283 g/mol. The monoisotopic (exact) mass is 283 g/mol. The van der Waals surface area contributed by atoms with Gasteiger partial charge in [0, 0.05) is 6.04 Å². The van der Waals surface area contributed by atoms with Crippen LogP contribution in [0.2, 0.25) is 0 Å². The van der Waals surface area contributed by atoms with Crippen LogP contribution in [0.5, 0.6) is 5.75 Å². The van der Waals surface area contributed by atoms with Crippen LogP contribution in [0.3, 0.4) is 0 Å². The zero-order chi connectivity index (χ0) is 15.1. The Bertz CT molecular complexity index is 581. The van der Waals surface area contributed by atoms with Gasteiger partial charge in [-0.3, -0.25) is 4.79 Å². The van der Waals surface area contributed by atoms with Gasteiger partial charge in [-0.05, 0) is 30.5 Å². The third-order valence-electron chi connectivity index (χ3n) is 3.50. The van der Waals surface area contributed by atoms with E-state index in [4.69, 9.17) is 4.74 Å². The fourth-order valence-electron chi connectivity index (χ4n) is 2.29. The number of hydrogen-bond donors (Lipinski definition) is 1. The molecule has 0 saturated carbocycles. The molecule has 2 rings (SSSR count). The first-order valence-corrected chi connectivity index (χ1v) is 7.22. The molecule has 2 aromatic rings. The van der Waals surface area contributed by atoms with Crippen molar-refractivity contribution in [1.29, 1.82) is 0 Å². The molecule has 2 aromatic carbocycles. The molecule has 0 aliphatic heterocycles. The van der Waals surface area contributed by atoms with Crippen molar-refractivity contribution in [2.75, 3.05) is 7.11 Å². The van der Waals surface area contributed by atoms with Crippen molar-refractivity contribution in [3.8, 4) is 5.75 Å². The summed E-state index contributed by atoms with van der Waals surface area (Å²) in [7, 11) is 1.58. The van der Waals surface area contributed by atoms with Crippen LogP contribution in [0.4, 0.5) is 0 Å². The number of ether oxygens (including phenoxy) is 1. The Labute approximate surface area is 126 Å². The van der Waals surface area contributed by atoms with Crippen molar-refractivity contribution in [3.05, 3.63) is 65.7 Å². The van der Waals surface area contributed by atoms with Crippen molar-refractivity contribution < 1.29 is 9.53 Å². The Balaban J connectivity index is 2.06. The van der Waals surface area contributed by atoms with E-state index >= 15 is 0 Å². The van der Waals surface area contributed by atoms with E-state index < -0.39 is 0 Å². The lowest BCUT2D eigenvalue weighted by molar-refractivity contribution is 0.0933. The number of rotatable bonds is 6. The molecule has 3 heteroatoms. The van der Waals surface area contributed by atoms with Gasteiger partial charge in [-0.2, -0.15) is 0 Å². The first-order chi connectivity index (χ1) is 10.2. The minimum atomic E-state index is -0.0877. The van der Waals surface area contributed by atoms with Gasteiger partial charge in [0.05, 0.1) is 12.7 Å². The second-order valence-electron chi connectivity index (χ2n) is 4.97. The first kappa shape index (κ1) is 15.1. The van der Waals surface area contributed by atoms with E-state index in [2.05, 4.69) is 24.4 Å². The smallest absolute Gasteiger partial charge is 0.255 e. The number of carbonyl (C=O) groups excluding carboxylic acids is 1. The van der Waals surface area contributed by atoms with Crippen molar-refractivity contribution in [2.24, 2.45) is 0 Å². The summed E-state index contributed by atoms with van der Waals surface area (Å²) in [5.41, 5.74) is 1.80. The summed E-state index contributed by atoms with van der Waals surface area (Å²) >= 11 is 0. The summed E-state index contributed by atoms with van der Waals surface area (Å²) < 4.78 is 5.24. The Morgan fingerprint density at radius 2 is 1.76 bits per heavy atom. The highest BCUT2D eigenvalue weighted by molar-refractivity contribution is 5.97. The fraction of sp³-hybridized carbons (Fsp3) is 0.278. The molecule has 3 nitrogen and oxygen atoms in total. The number of hydrogen-bond acceptors (Lipinski definition) is 2. The van der Waals surface area contributed by atoms with Crippen molar-refractivity contribution in [2.45, 2.75) is 25.8 Å². The lowest BCUT2D eigenvalue weighted by Gasteiger charge is -2.18. The van der Waals surface area contributed by atoms with Crippen LogP contribution in [-0.2, 0) is 6.42 Å². The molecule has 0 spiro atoms. The van der Waals surface area contributed by atoms with Gasteiger partial charge in [0.25, 0.3) is 5.91 Å². The summed E-state index contributed by atoms with van der Waals surface area (Å²) in [6.45, 7) is 2.08. The summed E-state index contributed by atoms with van der Waals surface area (Å²) in [5, 5.41) is 3.09. The maximum Gasteiger partial charge on any atom is 0.255 e. The maximum atomic E-state index is 12.4. The number of nitrogens with one attached hydrogen (secondary N) is 1. The third-order valence-corrected chi connectivity index (χ3v) is 3.50. The minimum Gasteiger partial charge on any atom is -0.496 e. The van der Waals surface area contributed by atoms with Crippen LogP contribution in [0.1, 0.15) is 29.3 Å². The molecule has 0 heterocycles. The van der Waals surface area contributed by atoms with Crippen LogP contribution in [0.25, 0.3) is 0 Å². The van der Waals surface area contributed by atoms with Gasteiger partial charge in [-0.1, -0.05) is 49.4 Å². The standard InChI is InChI=1S/C18H21NO2/c1-3-15(13-14-9-5-4-6-10-14)19-18(20)16-11-7-8-12-17(16)21-2/h4-12,15H,3,13H2,1-2H3,(H,19,20). The van der Waals surface area contributed by atoms with Gasteiger partial charge in [-0.25, -0.2) is 0 Å². The molecule has 0 aromatic heterocycles. The van der Waals surface area contributed by atoms with E-state index in [-0.39, 0.29) is 11.9 Å². The zero-order valence-corrected chi connectivity index (χ0v) is 12.5. The molecular formula is C18H21NO2. The third kappa shape index (κ3) is 4.09. The van der Waals surface area contributed by atoms with Crippen LogP contribution >= 0.6 is 0 Å². The van der Waals surface area contributed by atoms with Crippen LogP contribution in [0, 0.1) is 0 Å². The van der Waals surface area contributed by atoms with E-state index in [0.29, 0.717) is 11.3 Å². The highest BCUT2D eigenvalue weighted by Gasteiger charge is 2.15. The highest BCUT2D eigenvalue weighted by atomic mass is 16.5. The molecule has 110 valence electrons. The van der Waals surface area contributed by atoms with Crippen LogP contribution < -0.4 is 10.1 Å². The number of methoxy groups -OCH3 is 1. The van der Waals surface area contributed by atoms with Gasteiger partial charge in [-0.15, -0.1) is 0 Å². The summed E-state index contributed by atoms with van der Waals surface area (Å²) in [5.74, 6) is 0.514. The number of amides is 1. The molecule has 1 N–H and O–H groups in total. The fourth-order valence-corrected chi connectivity index (χ4v) is 2.29. The van der Waals surface area contributed by atoms with E-state index in [9.17, 15) is 4.79 Å². The van der Waals surface area contributed by atoms with Gasteiger partial charge >= 0.3 is 0 Å². The lowest BCUT2D eigenvalue weighted by Crippen LogP contribution is -2.36. The number of benzene rings is 2. The topological polar surface area (TPSA) is 38.3 Å². The molecule has 0 fully saturated rings. The van der Waals surface area contributed by atoms with Gasteiger partial charge in [0.2, 0.25) is 0 Å². The Kier molecular flexibility index (Phi) is 5.38. The van der Waals surface area contributed by atoms with Gasteiger partial charge < -0.3 is 10.1 Å². The van der Waals surface area contributed by atoms with E-state index in [1.54, 1.807) is 19.2 Å². The van der Waals surface area contributed by atoms with E-state index in [1.165, 1.54) is 5.56 Å². The van der Waals surface area contributed by atoms with Gasteiger partial charge in [0.1, 0.15) is 5.75 Å². The first-order valence-electron chi connectivity index (χ1n) is 7.22. The zero-order valence-electron chi connectivity index (χ0n) is 12.5. The van der Waals surface area contributed by atoms with Crippen LogP contribution in [-0.4, -0.2) is 19.1 Å². The van der Waals surface area contributed by atoms with Crippen molar-refractivity contribution in [3.63, 3.8) is 0 Å². The van der Waals surface area contributed by atoms with Crippen molar-refractivity contribution in [1.82, 2.24) is 5.32 Å². The van der Waals surface area contributed by atoms with Crippen molar-refractivity contribution >= 4 is 5.91 Å². The second-order valence-corrected chi connectivity index (χ2v) is 4.97. The molecular weight excluding hydrogens is 262 g/mol.